The quantitative estimate of drug-likeness (QED) is 0.0879. The minimum absolute atomic E-state index is 0.0321. The molecule has 48 heavy (non-hydrogen) atoms. The van der Waals surface area contributed by atoms with Crippen molar-refractivity contribution < 1.29 is 24.5 Å². The number of hydrogen-bond acceptors (Lipinski definition) is 8. The van der Waals surface area contributed by atoms with Gasteiger partial charge in [0, 0.05) is 73.1 Å². The second kappa shape index (κ2) is 17.5. The van der Waals surface area contributed by atoms with Gasteiger partial charge in [-0.05, 0) is 104 Å². The van der Waals surface area contributed by atoms with Gasteiger partial charge in [-0.25, -0.2) is 0 Å². The Labute approximate surface area is 292 Å². The second-order valence-corrected chi connectivity index (χ2v) is 14.2. The summed E-state index contributed by atoms with van der Waals surface area (Å²) in [6, 6.07) is 16.4. The zero-order valence-electron chi connectivity index (χ0n) is 27.6. The van der Waals surface area contributed by atoms with Crippen molar-refractivity contribution in [2.75, 3.05) is 32.0 Å². The number of unbranched alkanes of at least 4 members (excludes halogenated alkanes) is 1. The standard InChI is InChI=1S/C37H47ClN4O5S/c1-26(44)40-18-20-42(36(46)34(45)8-4-5-21-43)19-6-22-48-29-12-13-33(38)27(23-29)24-41-37(15-16-37)32-25-39-17-14-30(32)31-7-2-3-9-35(31)47-28-10-11-28/h2-3,7,9,12-14,17,23,25,28,34,41,43,45H,4-6,8,10-11,15-16,18-22,24H2,1H3,(H,40,44). The fraction of sp³-hybridized carbons (Fsp3) is 0.486. The summed E-state index contributed by atoms with van der Waals surface area (Å²) in [6.45, 7) is 3.21. The van der Waals surface area contributed by atoms with Gasteiger partial charge in [-0.15, -0.1) is 11.8 Å². The fourth-order valence-corrected chi connectivity index (χ4v) is 6.89. The molecule has 2 aromatic carbocycles. The molecule has 0 radical (unpaired) electrons. The maximum atomic E-state index is 12.9. The first kappa shape index (κ1) is 36.1. The molecule has 1 unspecified atom stereocenters. The molecule has 2 fully saturated rings. The van der Waals surface area contributed by atoms with Gasteiger partial charge in [-0.1, -0.05) is 29.8 Å². The third-order valence-electron chi connectivity index (χ3n) is 8.80. The molecule has 1 aromatic heterocycles. The average Bonchev–Trinajstić information content (AvgIpc) is 4.03. The Kier molecular flexibility index (Phi) is 13.2. The van der Waals surface area contributed by atoms with Crippen molar-refractivity contribution in [1.29, 1.82) is 0 Å². The van der Waals surface area contributed by atoms with Crippen LogP contribution in [0.3, 0.4) is 0 Å². The lowest BCUT2D eigenvalue weighted by atomic mass is 9.94. The molecule has 11 heteroatoms. The molecule has 0 bridgehead atoms. The molecular formula is C37H47ClN4O5S. The molecule has 2 saturated carbocycles. The normalized spacial score (nSPS) is 15.5. The molecule has 2 amide bonds. The van der Waals surface area contributed by atoms with Crippen LogP contribution >= 0.6 is 23.4 Å². The zero-order valence-corrected chi connectivity index (χ0v) is 29.2. The van der Waals surface area contributed by atoms with Gasteiger partial charge in [-0.2, -0.15) is 0 Å². The molecule has 4 N–H and O–H groups in total. The lowest BCUT2D eigenvalue weighted by Crippen LogP contribution is -2.43. The molecule has 0 saturated heterocycles. The molecular weight excluding hydrogens is 648 g/mol. The summed E-state index contributed by atoms with van der Waals surface area (Å²) in [4.78, 5) is 31.5. The molecule has 258 valence electrons. The third-order valence-corrected chi connectivity index (χ3v) is 10.2. The Balaban J connectivity index is 1.18. The summed E-state index contributed by atoms with van der Waals surface area (Å²) >= 11 is 8.39. The van der Waals surface area contributed by atoms with Gasteiger partial charge in [-0.3, -0.25) is 14.6 Å². The first-order chi connectivity index (χ1) is 23.3. The number of hydrogen-bond donors (Lipinski definition) is 4. The Morgan fingerprint density at radius 1 is 1.10 bits per heavy atom. The van der Waals surface area contributed by atoms with E-state index < -0.39 is 6.10 Å². The van der Waals surface area contributed by atoms with Gasteiger partial charge in [0.05, 0.1) is 6.10 Å². The number of amides is 2. The predicted octanol–water partition coefficient (Wildman–Crippen LogP) is 5.69. The zero-order chi connectivity index (χ0) is 33.9. The number of carbonyl (C=O) groups is 2. The van der Waals surface area contributed by atoms with Crippen molar-refractivity contribution in [3.63, 3.8) is 0 Å². The van der Waals surface area contributed by atoms with Crippen LogP contribution in [0.2, 0.25) is 5.02 Å². The van der Waals surface area contributed by atoms with Gasteiger partial charge < -0.3 is 30.5 Å². The van der Waals surface area contributed by atoms with E-state index in [1.165, 1.54) is 12.5 Å². The Morgan fingerprint density at radius 3 is 2.67 bits per heavy atom. The van der Waals surface area contributed by atoms with Crippen LogP contribution in [0.1, 0.15) is 69.4 Å². The Bertz CT molecular complexity index is 1530. The summed E-state index contributed by atoms with van der Waals surface area (Å²) in [7, 11) is 0. The molecule has 9 nitrogen and oxygen atoms in total. The molecule has 0 aliphatic heterocycles. The smallest absolute Gasteiger partial charge is 0.251 e. The van der Waals surface area contributed by atoms with Gasteiger partial charge in [0.2, 0.25) is 5.91 Å². The monoisotopic (exact) mass is 694 g/mol. The highest BCUT2D eigenvalue weighted by molar-refractivity contribution is 7.99. The van der Waals surface area contributed by atoms with Crippen LogP contribution in [0.25, 0.3) is 11.1 Å². The number of benzene rings is 2. The van der Waals surface area contributed by atoms with E-state index in [0.717, 1.165) is 65.2 Å². The Morgan fingerprint density at radius 2 is 1.92 bits per heavy atom. The number of nitrogens with one attached hydrogen (secondary N) is 2. The second-order valence-electron chi connectivity index (χ2n) is 12.7. The Hall–Kier alpha value is -3.15. The summed E-state index contributed by atoms with van der Waals surface area (Å²) in [6.07, 6.45) is 9.40. The summed E-state index contributed by atoms with van der Waals surface area (Å²) in [5.41, 5.74) is 4.25. The molecule has 1 heterocycles. The van der Waals surface area contributed by atoms with Crippen molar-refractivity contribution in [2.45, 2.75) is 87.5 Å². The molecule has 2 aliphatic rings. The van der Waals surface area contributed by atoms with Crippen molar-refractivity contribution in [2.24, 2.45) is 0 Å². The molecule has 1 atom stereocenters. The number of ether oxygens (including phenoxy) is 1. The van der Waals surface area contributed by atoms with Crippen LogP contribution in [0.4, 0.5) is 0 Å². The number of pyridine rings is 1. The number of nitrogens with zero attached hydrogens (tertiary/aromatic N) is 2. The molecule has 2 aliphatic carbocycles. The number of carbonyl (C=O) groups excluding carboxylic acids is 2. The van der Waals surface area contributed by atoms with Crippen molar-refractivity contribution >= 4 is 35.2 Å². The van der Waals surface area contributed by atoms with Crippen molar-refractivity contribution in [3.05, 3.63) is 77.1 Å². The van der Waals surface area contributed by atoms with Crippen LogP contribution < -0.4 is 15.4 Å². The number of halogens is 1. The topological polar surface area (TPSA) is 124 Å². The molecule has 0 spiro atoms. The number of thioether (sulfide) groups is 1. The first-order valence-corrected chi connectivity index (χ1v) is 18.3. The van der Waals surface area contributed by atoms with E-state index >= 15 is 0 Å². The molecule has 5 rings (SSSR count). The van der Waals surface area contributed by atoms with E-state index in [1.54, 1.807) is 16.7 Å². The van der Waals surface area contributed by atoms with E-state index in [1.807, 2.05) is 30.6 Å². The van der Waals surface area contributed by atoms with E-state index in [9.17, 15) is 14.7 Å². The van der Waals surface area contributed by atoms with Crippen molar-refractivity contribution in [1.82, 2.24) is 20.5 Å². The lowest BCUT2D eigenvalue weighted by molar-refractivity contribution is -0.140. The number of para-hydroxylation sites is 1. The number of aliphatic hydroxyl groups is 2. The predicted molar refractivity (Wildman–Crippen MR) is 190 cm³/mol. The summed E-state index contributed by atoms with van der Waals surface area (Å²) in [5, 5.41) is 26.7. The highest BCUT2D eigenvalue weighted by Crippen LogP contribution is 2.50. The maximum absolute atomic E-state index is 12.9. The van der Waals surface area contributed by atoms with E-state index in [2.05, 4.69) is 45.9 Å². The minimum Gasteiger partial charge on any atom is -0.490 e. The largest absolute Gasteiger partial charge is 0.490 e. The van der Waals surface area contributed by atoms with Gasteiger partial charge in [0.15, 0.2) is 0 Å². The SMILES string of the molecule is CC(=O)NCCN(CCCSc1ccc(Cl)c(CNC2(c3cnccc3-c3ccccc3OC3CC3)CC2)c1)C(=O)C(O)CCCCO. The highest BCUT2D eigenvalue weighted by atomic mass is 35.5. The first-order valence-electron chi connectivity index (χ1n) is 17.0. The molecule has 3 aromatic rings. The van der Waals surface area contributed by atoms with Gasteiger partial charge in [0.1, 0.15) is 11.9 Å². The average molecular weight is 695 g/mol. The summed E-state index contributed by atoms with van der Waals surface area (Å²) in [5.74, 6) is 1.19. The van der Waals surface area contributed by atoms with Gasteiger partial charge in [0.25, 0.3) is 5.91 Å². The number of aromatic nitrogens is 1. The van der Waals surface area contributed by atoms with Crippen LogP contribution in [0.5, 0.6) is 5.75 Å². The number of aliphatic hydroxyl groups excluding tert-OH is 2. The van der Waals surface area contributed by atoms with Crippen LogP contribution in [0.15, 0.2) is 65.8 Å². The lowest BCUT2D eigenvalue weighted by Gasteiger charge is -2.25. The van der Waals surface area contributed by atoms with Crippen LogP contribution in [-0.4, -0.2) is 76.1 Å². The highest BCUT2D eigenvalue weighted by Gasteiger charge is 2.46. The third kappa shape index (κ3) is 10.2. The van der Waals surface area contributed by atoms with Gasteiger partial charge >= 0.3 is 0 Å². The van der Waals surface area contributed by atoms with E-state index in [-0.39, 0.29) is 24.0 Å². The van der Waals surface area contributed by atoms with E-state index in [0.29, 0.717) is 56.6 Å². The number of rotatable bonds is 20. The van der Waals surface area contributed by atoms with Crippen LogP contribution in [-0.2, 0) is 21.7 Å². The van der Waals surface area contributed by atoms with Crippen LogP contribution in [0, 0.1) is 0 Å². The minimum atomic E-state index is -1.11. The van der Waals surface area contributed by atoms with E-state index in [4.69, 9.17) is 21.4 Å². The van der Waals surface area contributed by atoms with Crippen molar-refractivity contribution in [3.8, 4) is 16.9 Å². The maximum Gasteiger partial charge on any atom is 0.251 e. The fourth-order valence-electron chi connectivity index (χ4n) is 5.80. The summed E-state index contributed by atoms with van der Waals surface area (Å²) < 4.78 is 6.26.